The molecule has 0 aliphatic rings. The maximum atomic E-state index is 13.3. The number of aryl methyl sites for hydroxylation is 2. The number of aliphatic carboxylic acids is 1. The number of benzene rings is 2. The highest BCUT2D eigenvalue weighted by molar-refractivity contribution is 9.10. The van der Waals surface area contributed by atoms with Crippen molar-refractivity contribution in [3.05, 3.63) is 86.1 Å². The quantitative estimate of drug-likeness (QED) is 0.265. The van der Waals surface area contributed by atoms with Crippen LogP contribution in [-0.4, -0.2) is 37.6 Å². The van der Waals surface area contributed by atoms with Crippen molar-refractivity contribution in [3.63, 3.8) is 0 Å². The molecule has 0 bridgehead atoms. The fourth-order valence-corrected chi connectivity index (χ4v) is 4.54. The Kier molecular flexibility index (Phi) is 7.92. The van der Waals surface area contributed by atoms with Crippen molar-refractivity contribution in [2.24, 2.45) is 5.10 Å². The van der Waals surface area contributed by atoms with Gasteiger partial charge in [0.25, 0.3) is 5.56 Å². The first-order valence-corrected chi connectivity index (χ1v) is 12.9. The van der Waals surface area contributed by atoms with Crippen LogP contribution in [0.5, 0.6) is 5.75 Å². The predicted molar refractivity (Wildman–Crippen MR) is 148 cm³/mol. The Morgan fingerprint density at radius 3 is 2.59 bits per heavy atom. The van der Waals surface area contributed by atoms with Gasteiger partial charge in [-0.2, -0.15) is 9.78 Å². The third-order valence-corrected chi connectivity index (χ3v) is 6.66. The largest absolute Gasteiger partial charge is 0.479 e. The maximum absolute atomic E-state index is 13.3. The fourth-order valence-electron chi connectivity index (χ4n) is 4.17. The van der Waals surface area contributed by atoms with Gasteiger partial charge in [-0.25, -0.2) is 9.78 Å². The van der Waals surface area contributed by atoms with E-state index in [0.29, 0.717) is 28.9 Å². The Morgan fingerprint density at radius 1 is 1.19 bits per heavy atom. The van der Waals surface area contributed by atoms with Crippen molar-refractivity contribution in [1.82, 2.24) is 14.2 Å². The predicted octanol–water partition coefficient (Wildman–Crippen LogP) is 5.64. The zero-order chi connectivity index (χ0) is 26.7. The lowest BCUT2D eigenvalue weighted by molar-refractivity contribution is -0.144. The number of hydrogen-bond donors (Lipinski definition) is 1. The van der Waals surface area contributed by atoms with Gasteiger partial charge >= 0.3 is 5.97 Å². The molecular formula is C28H29BrN4O4. The molecule has 0 saturated heterocycles. The minimum absolute atomic E-state index is 0.200. The summed E-state index contributed by atoms with van der Waals surface area (Å²) in [6.45, 7) is 7.58. The molecule has 2 aromatic heterocycles. The monoisotopic (exact) mass is 564 g/mol. The SMILES string of the molecule is CCCCc1nc2ccc(Br)cc2c(=O)n1N=Cc1cc(C)n(-c2ccc(O[C@H](C)C(=O)O)cc2)c1C. The van der Waals surface area contributed by atoms with E-state index in [2.05, 4.69) is 32.5 Å². The summed E-state index contributed by atoms with van der Waals surface area (Å²) in [5, 5.41) is 14.2. The van der Waals surface area contributed by atoms with Gasteiger partial charge in [0.2, 0.25) is 0 Å². The first-order valence-electron chi connectivity index (χ1n) is 12.1. The second kappa shape index (κ2) is 11.1. The van der Waals surface area contributed by atoms with Crippen molar-refractivity contribution in [3.8, 4) is 11.4 Å². The Hall–Kier alpha value is -3.72. The summed E-state index contributed by atoms with van der Waals surface area (Å²) in [7, 11) is 0. The molecule has 4 rings (SSSR count). The Labute approximate surface area is 223 Å². The first-order chi connectivity index (χ1) is 17.7. The second-order valence-electron chi connectivity index (χ2n) is 8.91. The maximum Gasteiger partial charge on any atom is 0.344 e. The molecule has 0 fully saturated rings. The van der Waals surface area contributed by atoms with Gasteiger partial charge in [-0.3, -0.25) is 4.79 Å². The number of carboxylic acids is 1. The van der Waals surface area contributed by atoms with Gasteiger partial charge in [0.1, 0.15) is 11.6 Å². The lowest BCUT2D eigenvalue weighted by atomic mass is 10.2. The van der Waals surface area contributed by atoms with Crippen LogP contribution in [0.25, 0.3) is 16.6 Å². The van der Waals surface area contributed by atoms with E-state index in [1.807, 2.05) is 44.2 Å². The van der Waals surface area contributed by atoms with E-state index in [0.717, 1.165) is 40.0 Å². The number of halogens is 1. The molecule has 0 unspecified atom stereocenters. The molecule has 8 nitrogen and oxygen atoms in total. The van der Waals surface area contributed by atoms with E-state index in [1.54, 1.807) is 24.4 Å². The Morgan fingerprint density at radius 2 is 1.92 bits per heavy atom. The average molecular weight is 565 g/mol. The molecule has 192 valence electrons. The lowest BCUT2D eigenvalue weighted by Gasteiger charge is -2.13. The molecule has 2 heterocycles. The molecule has 1 atom stereocenters. The van der Waals surface area contributed by atoms with Gasteiger partial charge in [-0.15, -0.1) is 0 Å². The van der Waals surface area contributed by atoms with Gasteiger partial charge in [-0.1, -0.05) is 29.3 Å². The van der Waals surface area contributed by atoms with Crippen LogP contribution in [0.3, 0.4) is 0 Å². The van der Waals surface area contributed by atoms with E-state index < -0.39 is 12.1 Å². The number of unbranched alkanes of at least 4 members (excludes halogenated alkanes) is 1. The van der Waals surface area contributed by atoms with Crippen LogP contribution in [0.1, 0.15) is 49.5 Å². The van der Waals surface area contributed by atoms with Crippen LogP contribution < -0.4 is 10.3 Å². The molecular weight excluding hydrogens is 536 g/mol. The number of hydrogen-bond acceptors (Lipinski definition) is 5. The number of carboxylic acid groups (broad SMARTS) is 1. The number of fused-ring (bicyclic) bond motifs is 1. The Bertz CT molecular complexity index is 1540. The van der Waals surface area contributed by atoms with E-state index in [-0.39, 0.29) is 5.56 Å². The third-order valence-electron chi connectivity index (χ3n) is 6.17. The van der Waals surface area contributed by atoms with Crippen molar-refractivity contribution < 1.29 is 14.6 Å². The smallest absolute Gasteiger partial charge is 0.344 e. The van der Waals surface area contributed by atoms with Crippen molar-refractivity contribution in [1.29, 1.82) is 0 Å². The fraction of sp³-hybridized carbons (Fsp3) is 0.286. The van der Waals surface area contributed by atoms with Crippen molar-refractivity contribution in [2.45, 2.75) is 53.1 Å². The van der Waals surface area contributed by atoms with Gasteiger partial charge in [0.05, 0.1) is 17.1 Å². The number of ether oxygens (including phenoxy) is 1. The number of nitrogens with zero attached hydrogens (tertiary/aromatic N) is 4. The van der Waals surface area contributed by atoms with Gasteiger partial charge in [-0.05, 0) is 75.7 Å². The van der Waals surface area contributed by atoms with Crippen molar-refractivity contribution in [2.75, 3.05) is 0 Å². The second-order valence-corrected chi connectivity index (χ2v) is 9.82. The molecule has 37 heavy (non-hydrogen) atoms. The lowest BCUT2D eigenvalue weighted by Crippen LogP contribution is -2.22. The minimum Gasteiger partial charge on any atom is -0.479 e. The van der Waals surface area contributed by atoms with E-state index >= 15 is 0 Å². The van der Waals surface area contributed by atoms with Crippen LogP contribution in [0.4, 0.5) is 0 Å². The standard InChI is InChI=1S/C28H29BrN4O4/c1-5-6-7-26-31-25-13-8-21(29)15-24(25)27(34)33(26)30-16-20-14-17(2)32(18(20)3)22-9-11-23(12-10-22)37-19(4)28(35)36/h8-16,19H,5-7H2,1-4H3,(H,35,36)/t19-/m1/s1. The number of carbonyl (C=O) groups is 1. The highest BCUT2D eigenvalue weighted by Gasteiger charge is 2.15. The molecule has 4 aromatic rings. The minimum atomic E-state index is -1.02. The van der Waals surface area contributed by atoms with Crippen LogP contribution in [0.15, 0.2) is 62.9 Å². The molecule has 0 amide bonds. The number of rotatable bonds is 9. The van der Waals surface area contributed by atoms with Gasteiger partial charge < -0.3 is 14.4 Å². The van der Waals surface area contributed by atoms with Crippen LogP contribution >= 0.6 is 15.9 Å². The molecule has 0 radical (unpaired) electrons. The summed E-state index contributed by atoms with van der Waals surface area (Å²) in [5.74, 6) is 0.103. The normalized spacial score (nSPS) is 12.4. The van der Waals surface area contributed by atoms with Gasteiger partial charge in [0, 0.05) is 33.5 Å². The third kappa shape index (κ3) is 5.67. The van der Waals surface area contributed by atoms with Crippen LogP contribution in [0.2, 0.25) is 0 Å². The number of aromatic nitrogens is 3. The highest BCUT2D eigenvalue weighted by atomic mass is 79.9. The molecule has 9 heteroatoms. The summed E-state index contributed by atoms with van der Waals surface area (Å²) < 4.78 is 9.73. The first kappa shape index (κ1) is 26.3. The van der Waals surface area contributed by atoms with Crippen molar-refractivity contribution >= 4 is 39.0 Å². The van der Waals surface area contributed by atoms with Crippen LogP contribution in [0, 0.1) is 13.8 Å². The zero-order valence-electron chi connectivity index (χ0n) is 21.2. The molecule has 0 saturated carbocycles. The van der Waals surface area contributed by atoms with E-state index in [9.17, 15) is 9.59 Å². The molecule has 0 aliphatic carbocycles. The zero-order valence-corrected chi connectivity index (χ0v) is 22.8. The summed E-state index contributed by atoms with van der Waals surface area (Å²) in [6.07, 6.45) is 3.32. The molecule has 1 N–H and O–H groups in total. The van der Waals surface area contributed by atoms with Gasteiger partial charge in [0.15, 0.2) is 6.10 Å². The van der Waals surface area contributed by atoms with E-state index in [1.165, 1.54) is 11.6 Å². The summed E-state index contributed by atoms with van der Waals surface area (Å²) in [4.78, 5) is 29.1. The Balaban J connectivity index is 1.69. The highest BCUT2D eigenvalue weighted by Crippen LogP contribution is 2.23. The van der Waals surface area contributed by atoms with E-state index in [4.69, 9.17) is 14.8 Å². The summed E-state index contributed by atoms with van der Waals surface area (Å²) >= 11 is 3.44. The molecule has 0 aliphatic heterocycles. The molecule has 0 spiro atoms. The van der Waals surface area contributed by atoms with Crippen LogP contribution in [-0.2, 0) is 11.2 Å². The average Bonchev–Trinajstić information content (AvgIpc) is 3.15. The topological polar surface area (TPSA) is 98.7 Å². The summed E-state index contributed by atoms with van der Waals surface area (Å²) in [6, 6.07) is 14.8. The summed E-state index contributed by atoms with van der Waals surface area (Å²) in [5.41, 5.74) is 4.19. The molecule has 2 aromatic carbocycles.